The predicted octanol–water partition coefficient (Wildman–Crippen LogP) is 4.18. The molecular formula is C22H24N2OS. The van der Waals surface area contributed by atoms with Crippen LogP contribution in [0.1, 0.15) is 29.9 Å². The van der Waals surface area contributed by atoms with E-state index in [1.54, 1.807) is 11.3 Å². The molecule has 2 heterocycles. The highest BCUT2D eigenvalue weighted by Gasteiger charge is 2.33. The smallest absolute Gasteiger partial charge is 0.222 e. The zero-order chi connectivity index (χ0) is 17.9. The molecule has 1 saturated heterocycles. The van der Waals surface area contributed by atoms with Gasteiger partial charge in [-0.05, 0) is 40.8 Å². The highest BCUT2D eigenvalue weighted by Crippen LogP contribution is 2.28. The van der Waals surface area contributed by atoms with E-state index in [0.717, 1.165) is 19.4 Å². The molecule has 1 amide bonds. The number of carbonyl (C=O) groups is 1. The van der Waals surface area contributed by atoms with Crippen LogP contribution in [0.25, 0.3) is 10.1 Å². The van der Waals surface area contributed by atoms with Crippen LogP contribution in [-0.2, 0) is 11.2 Å². The third-order valence-electron chi connectivity index (χ3n) is 5.34. The van der Waals surface area contributed by atoms with Crippen LogP contribution in [0.4, 0.5) is 0 Å². The normalized spacial score (nSPS) is 20.0. The number of fused-ring (bicyclic) bond motifs is 1. The fourth-order valence-corrected chi connectivity index (χ4v) is 4.90. The fraction of sp³-hybridized carbons (Fsp3) is 0.318. The Kier molecular flexibility index (Phi) is 5.05. The van der Waals surface area contributed by atoms with Crippen LogP contribution >= 0.6 is 11.3 Å². The zero-order valence-electron chi connectivity index (χ0n) is 14.8. The average molecular weight is 365 g/mol. The van der Waals surface area contributed by atoms with Crippen molar-refractivity contribution in [1.29, 1.82) is 0 Å². The Hall–Kier alpha value is -2.17. The van der Waals surface area contributed by atoms with E-state index < -0.39 is 0 Å². The van der Waals surface area contributed by atoms with Crippen molar-refractivity contribution in [3.63, 3.8) is 0 Å². The van der Waals surface area contributed by atoms with E-state index in [1.807, 2.05) is 23.1 Å². The van der Waals surface area contributed by atoms with Gasteiger partial charge >= 0.3 is 0 Å². The molecule has 0 unspecified atom stereocenters. The Bertz CT molecular complexity index is 889. The third kappa shape index (κ3) is 3.53. The Morgan fingerprint density at radius 3 is 2.69 bits per heavy atom. The number of aryl methyl sites for hydroxylation is 1. The number of carbonyl (C=O) groups excluding carboxylic acids is 1. The first-order valence-electron chi connectivity index (χ1n) is 9.26. The van der Waals surface area contributed by atoms with Crippen molar-refractivity contribution in [1.82, 2.24) is 4.90 Å². The van der Waals surface area contributed by atoms with Crippen LogP contribution < -0.4 is 5.73 Å². The molecule has 0 saturated carbocycles. The largest absolute Gasteiger partial charge is 0.340 e. The Morgan fingerprint density at radius 1 is 1.08 bits per heavy atom. The molecule has 3 aromatic rings. The van der Waals surface area contributed by atoms with Crippen LogP contribution in [-0.4, -0.2) is 29.9 Å². The number of hydrogen-bond acceptors (Lipinski definition) is 3. The number of benzene rings is 2. The number of nitrogens with zero attached hydrogens (tertiary/aromatic N) is 1. The van der Waals surface area contributed by atoms with Crippen molar-refractivity contribution in [3.05, 3.63) is 71.1 Å². The molecule has 4 rings (SSSR count). The number of thiophene rings is 1. The van der Waals surface area contributed by atoms with Gasteiger partial charge in [-0.15, -0.1) is 11.3 Å². The minimum atomic E-state index is 0.0298. The van der Waals surface area contributed by atoms with Crippen molar-refractivity contribution in [2.45, 2.75) is 31.2 Å². The summed E-state index contributed by atoms with van der Waals surface area (Å²) in [6.07, 6.45) is 2.44. The van der Waals surface area contributed by atoms with Gasteiger partial charge in [0.2, 0.25) is 5.91 Å². The topological polar surface area (TPSA) is 46.3 Å². The first kappa shape index (κ1) is 17.3. The van der Waals surface area contributed by atoms with E-state index in [9.17, 15) is 4.79 Å². The fourth-order valence-electron chi connectivity index (χ4n) is 3.90. The first-order valence-corrected chi connectivity index (χ1v) is 10.1. The maximum Gasteiger partial charge on any atom is 0.222 e. The van der Waals surface area contributed by atoms with Crippen molar-refractivity contribution in [2.75, 3.05) is 13.1 Å². The lowest BCUT2D eigenvalue weighted by Gasteiger charge is -2.16. The summed E-state index contributed by atoms with van der Waals surface area (Å²) in [5, 5.41) is 3.56. The van der Waals surface area contributed by atoms with Gasteiger partial charge in [0, 0.05) is 36.2 Å². The summed E-state index contributed by atoms with van der Waals surface area (Å²) in [5.74, 6) is 0.486. The highest BCUT2D eigenvalue weighted by atomic mass is 32.1. The van der Waals surface area contributed by atoms with Gasteiger partial charge < -0.3 is 10.6 Å². The summed E-state index contributed by atoms with van der Waals surface area (Å²) in [5.41, 5.74) is 8.91. The summed E-state index contributed by atoms with van der Waals surface area (Å²) >= 11 is 1.78. The van der Waals surface area contributed by atoms with Gasteiger partial charge in [-0.25, -0.2) is 0 Å². The van der Waals surface area contributed by atoms with Crippen LogP contribution in [0.2, 0.25) is 0 Å². The second-order valence-electron chi connectivity index (χ2n) is 7.09. The Morgan fingerprint density at radius 2 is 1.85 bits per heavy atom. The second-order valence-corrected chi connectivity index (χ2v) is 8.00. The summed E-state index contributed by atoms with van der Waals surface area (Å²) in [6.45, 7) is 1.41. The minimum Gasteiger partial charge on any atom is -0.340 e. The Balaban J connectivity index is 1.33. The molecule has 1 aromatic heterocycles. The van der Waals surface area contributed by atoms with Gasteiger partial charge in [0.15, 0.2) is 0 Å². The lowest BCUT2D eigenvalue weighted by molar-refractivity contribution is -0.130. The quantitative estimate of drug-likeness (QED) is 0.738. The van der Waals surface area contributed by atoms with Crippen molar-refractivity contribution >= 4 is 27.3 Å². The van der Waals surface area contributed by atoms with Crippen molar-refractivity contribution in [2.24, 2.45) is 5.73 Å². The molecule has 2 atom stereocenters. The van der Waals surface area contributed by atoms with E-state index in [0.29, 0.717) is 13.0 Å². The molecule has 26 heavy (non-hydrogen) atoms. The maximum absolute atomic E-state index is 12.6. The molecule has 1 aliphatic rings. The SMILES string of the molecule is N[C@@H]1CN(C(=O)CCCc2csc3ccccc23)C[C@H]1c1ccccc1. The van der Waals surface area contributed by atoms with E-state index in [-0.39, 0.29) is 17.9 Å². The van der Waals surface area contributed by atoms with E-state index >= 15 is 0 Å². The molecule has 2 N–H and O–H groups in total. The van der Waals surface area contributed by atoms with Gasteiger partial charge in [0.1, 0.15) is 0 Å². The molecule has 0 bridgehead atoms. The van der Waals surface area contributed by atoms with E-state index in [4.69, 9.17) is 5.73 Å². The molecule has 3 nitrogen and oxygen atoms in total. The van der Waals surface area contributed by atoms with E-state index in [2.05, 4.69) is 41.8 Å². The molecular weight excluding hydrogens is 340 g/mol. The molecule has 1 fully saturated rings. The predicted molar refractivity (Wildman–Crippen MR) is 109 cm³/mol. The van der Waals surface area contributed by atoms with Gasteiger partial charge in [0.05, 0.1) is 0 Å². The molecule has 1 aliphatic heterocycles. The molecule has 2 aromatic carbocycles. The third-order valence-corrected chi connectivity index (χ3v) is 6.36. The number of rotatable bonds is 5. The summed E-state index contributed by atoms with van der Waals surface area (Å²) in [6, 6.07) is 18.8. The first-order chi connectivity index (χ1) is 12.7. The van der Waals surface area contributed by atoms with E-state index in [1.165, 1.54) is 21.2 Å². The highest BCUT2D eigenvalue weighted by molar-refractivity contribution is 7.17. The standard InChI is InChI=1S/C22H24N2OS/c23-20-14-24(13-19(20)16-7-2-1-3-8-16)22(25)12-6-9-17-15-26-21-11-5-4-10-18(17)21/h1-5,7-8,10-11,15,19-20H,6,9,12-14,23H2/t19-,20+/m0/s1. The van der Waals surface area contributed by atoms with Crippen LogP contribution in [0.3, 0.4) is 0 Å². The lowest BCUT2D eigenvalue weighted by Crippen LogP contribution is -2.32. The summed E-state index contributed by atoms with van der Waals surface area (Å²) in [7, 11) is 0. The molecule has 0 spiro atoms. The lowest BCUT2D eigenvalue weighted by atomic mass is 9.95. The minimum absolute atomic E-state index is 0.0298. The summed E-state index contributed by atoms with van der Waals surface area (Å²) in [4.78, 5) is 14.6. The number of nitrogens with two attached hydrogens (primary N) is 1. The van der Waals surface area contributed by atoms with Crippen LogP contribution in [0, 0.1) is 0 Å². The van der Waals surface area contributed by atoms with Gasteiger partial charge in [-0.2, -0.15) is 0 Å². The molecule has 0 aliphatic carbocycles. The molecule has 134 valence electrons. The van der Waals surface area contributed by atoms with Crippen molar-refractivity contribution in [3.8, 4) is 0 Å². The van der Waals surface area contributed by atoms with Gasteiger partial charge in [-0.1, -0.05) is 48.5 Å². The average Bonchev–Trinajstić information content (AvgIpc) is 3.26. The molecule has 0 radical (unpaired) electrons. The number of likely N-dealkylation sites (tertiary alicyclic amines) is 1. The number of amides is 1. The van der Waals surface area contributed by atoms with Crippen LogP contribution in [0.5, 0.6) is 0 Å². The molecule has 4 heteroatoms. The number of hydrogen-bond donors (Lipinski definition) is 1. The monoisotopic (exact) mass is 364 g/mol. The van der Waals surface area contributed by atoms with Crippen molar-refractivity contribution < 1.29 is 4.79 Å². The van der Waals surface area contributed by atoms with Crippen LogP contribution in [0.15, 0.2) is 60.0 Å². The summed E-state index contributed by atoms with van der Waals surface area (Å²) < 4.78 is 1.32. The maximum atomic E-state index is 12.6. The zero-order valence-corrected chi connectivity index (χ0v) is 15.6. The van der Waals surface area contributed by atoms with Gasteiger partial charge in [-0.3, -0.25) is 4.79 Å². The Labute approximate surface area is 158 Å². The van der Waals surface area contributed by atoms with Gasteiger partial charge in [0.25, 0.3) is 0 Å². The second kappa shape index (κ2) is 7.60.